The predicted octanol–water partition coefficient (Wildman–Crippen LogP) is 1.20. The molecule has 1 aromatic rings. The summed E-state index contributed by atoms with van der Waals surface area (Å²) in [6, 6.07) is 8.35. The van der Waals surface area contributed by atoms with E-state index in [0.717, 1.165) is 25.7 Å². The van der Waals surface area contributed by atoms with Gasteiger partial charge in [0.25, 0.3) is 0 Å². The summed E-state index contributed by atoms with van der Waals surface area (Å²) in [6.07, 6.45) is 3.23. The third-order valence-corrected chi connectivity index (χ3v) is 6.24. The van der Waals surface area contributed by atoms with Crippen LogP contribution < -0.4 is 5.73 Å². The fourth-order valence-electron chi connectivity index (χ4n) is 3.42. The van der Waals surface area contributed by atoms with E-state index in [1.54, 1.807) is 22.5 Å². The quantitative estimate of drug-likeness (QED) is 0.887. The Kier molecular flexibility index (Phi) is 3.28. The number of nitrogens with two attached hydrogens (primary N) is 1. The fraction of sp³-hybridized carbons (Fsp3) is 0.500. The second-order valence-electron chi connectivity index (χ2n) is 5.59. The average molecular weight is 291 g/mol. The van der Waals surface area contributed by atoms with E-state index in [1.807, 2.05) is 6.07 Å². The Balaban J connectivity index is 1.99. The first-order valence-corrected chi connectivity index (χ1v) is 8.25. The summed E-state index contributed by atoms with van der Waals surface area (Å²) >= 11 is 0. The molecule has 20 heavy (non-hydrogen) atoms. The van der Waals surface area contributed by atoms with Gasteiger partial charge in [-0.15, -0.1) is 0 Å². The molecule has 0 saturated carbocycles. The molecule has 0 amide bonds. The lowest BCUT2D eigenvalue weighted by atomic mass is 10.0. The van der Waals surface area contributed by atoms with Crippen molar-refractivity contribution in [1.29, 1.82) is 5.26 Å². The van der Waals surface area contributed by atoms with Crippen molar-refractivity contribution >= 4 is 10.0 Å². The lowest BCUT2D eigenvalue weighted by molar-refractivity contribution is 0.227. The highest BCUT2D eigenvalue weighted by atomic mass is 32.2. The topological polar surface area (TPSA) is 87.2 Å². The van der Waals surface area contributed by atoms with Gasteiger partial charge in [-0.25, -0.2) is 8.42 Å². The summed E-state index contributed by atoms with van der Waals surface area (Å²) in [5.74, 6) is 0. The first kappa shape index (κ1) is 13.6. The molecule has 2 aliphatic rings. The zero-order chi connectivity index (χ0) is 14.3. The van der Waals surface area contributed by atoms with Gasteiger partial charge in [0.15, 0.2) is 0 Å². The van der Waals surface area contributed by atoms with E-state index >= 15 is 0 Å². The average Bonchev–Trinajstić information content (AvgIpc) is 2.72. The van der Waals surface area contributed by atoms with E-state index in [2.05, 4.69) is 0 Å². The maximum atomic E-state index is 12.8. The lowest BCUT2D eigenvalue weighted by Crippen LogP contribution is -2.49. The Labute approximate surface area is 119 Å². The molecule has 3 rings (SSSR count). The number of hydrogen-bond donors (Lipinski definition) is 1. The molecule has 2 aliphatic heterocycles. The molecule has 6 heteroatoms. The molecule has 0 aromatic heterocycles. The molecule has 2 unspecified atom stereocenters. The van der Waals surface area contributed by atoms with E-state index in [-0.39, 0.29) is 23.0 Å². The smallest absolute Gasteiger partial charge is 0.243 e. The Bertz CT molecular complexity index is 651. The molecule has 5 nitrogen and oxygen atoms in total. The molecule has 2 N–H and O–H groups in total. The van der Waals surface area contributed by atoms with Crippen molar-refractivity contribution in [2.45, 2.75) is 48.7 Å². The molecular weight excluding hydrogens is 274 g/mol. The van der Waals surface area contributed by atoms with Gasteiger partial charge in [0.2, 0.25) is 10.0 Å². The molecule has 106 valence electrons. The van der Waals surface area contributed by atoms with Gasteiger partial charge in [0.1, 0.15) is 0 Å². The first-order chi connectivity index (χ1) is 9.52. The van der Waals surface area contributed by atoms with Crippen LogP contribution in [0.2, 0.25) is 0 Å². The van der Waals surface area contributed by atoms with E-state index in [1.165, 1.54) is 6.07 Å². The minimum atomic E-state index is -3.53. The molecular formula is C14H17N3O2S. The summed E-state index contributed by atoms with van der Waals surface area (Å²) in [5.41, 5.74) is 6.35. The van der Waals surface area contributed by atoms with Crippen LogP contribution in [0.5, 0.6) is 0 Å². The van der Waals surface area contributed by atoms with Gasteiger partial charge >= 0.3 is 0 Å². The van der Waals surface area contributed by atoms with Crippen LogP contribution in [-0.2, 0) is 10.0 Å². The lowest BCUT2D eigenvalue weighted by Gasteiger charge is -2.36. The summed E-state index contributed by atoms with van der Waals surface area (Å²) in [6.45, 7) is 0. The van der Waals surface area contributed by atoms with Crippen LogP contribution in [0.25, 0.3) is 0 Å². The monoisotopic (exact) mass is 291 g/mol. The third kappa shape index (κ3) is 2.12. The highest BCUT2D eigenvalue weighted by Gasteiger charge is 2.46. The number of rotatable bonds is 2. The van der Waals surface area contributed by atoms with Crippen LogP contribution in [0.4, 0.5) is 0 Å². The maximum absolute atomic E-state index is 12.8. The summed E-state index contributed by atoms with van der Waals surface area (Å²) in [5, 5.41) is 8.91. The second-order valence-corrected chi connectivity index (χ2v) is 7.43. The highest BCUT2D eigenvalue weighted by Crippen LogP contribution is 2.39. The third-order valence-electron chi connectivity index (χ3n) is 4.24. The summed E-state index contributed by atoms with van der Waals surface area (Å²) in [7, 11) is -3.53. The molecule has 2 fully saturated rings. The van der Waals surface area contributed by atoms with E-state index in [9.17, 15) is 8.42 Å². The highest BCUT2D eigenvalue weighted by molar-refractivity contribution is 7.89. The van der Waals surface area contributed by atoms with Gasteiger partial charge in [0, 0.05) is 18.1 Å². The van der Waals surface area contributed by atoms with Crippen LogP contribution in [-0.4, -0.2) is 30.8 Å². The normalized spacial score (nSPS) is 30.1. The molecule has 0 aliphatic carbocycles. The van der Waals surface area contributed by atoms with Crippen LogP contribution >= 0.6 is 0 Å². The summed E-state index contributed by atoms with van der Waals surface area (Å²) < 4.78 is 27.2. The zero-order valence-electron chi connectivity index (χ0n) is 11.1. The molecule has 2 saturated heterocycles. The zero-order valence-corrected chi connectivity index (χ0v) is 11.9. The van der Waals surface area contributed by atoms with Crippen molar-refractivity contribution in [3.05, 3.63) is 29.8 Å². The molecule has 2 bridgehead atoms. The Morgan fingerprint density at radius 3 is 2.50 bits per heavy atom. The van der Waals surface area contributed by atoms with E-state index in [4.69, 9.17) is 11.0 Å². The first-order valence-electron chi connectivity index (χ1n) is 6.81. The Hall–Kier alpha value is -1.42. The number of fused-ring (bicyclic) bond motifs is 2. The predicted molar refractivity (Wildman–Crippen MR) is 74.2 cm³/mol. The van der Waals surface area contributed by atoms with Crippen molar-refractivity contribution in [2.75, 3.05) is 0 Å². The molecule has 0 radical (unpaired) electrons. The number of nitriles is 1. The summed E-state index contributed by atoms with van der Waals surface area (Å²) in [4.78, 5) is 0.212. The van der Waals surface area contributed by atoms with E-state index in [0.29, 0.717) is 5.56 Å². The Morgan fingerprint density at radius 2 is 1.90 bits per heavy atom. The number of sulfonamides is 1. The number of benzene rings is 1. The van der Waals surface area contributed by atoms with Crippen LogP contribution in [0.3, 0.4) is 0 Å². The maximum Gasteiger partial charge on any atom is 0.243 e. The van der Waals surface area contributed by atoms with Crippen molar-refractivity contribution in [1.82, 2.24) is 4.31 Å². The van der Waals surface area contributed by atoms with Crippen molar-refractivity contribution in [2.24, 2.45) is 5.73 Å². The van der Waals surface area contributed by atoms with E-state index < -0.39 is 10.0 Å². The minimum absolute atomic E-state index is 0.0134. The number of piperidine rings is 1. The van der Waals surface area contributed by atoms with Crippen molar-refractivity contribution < 1.29 is 8.42 Å². The standard InChI is InChI=1S/C14H17N3O2S/c15-9-10-2-1-3-14(6-10)20(18,19)17-12-4-5-13(17)8-11(16)7-12/h1-3,6,11-13H,4-5,7-8,16H2. The Morgan fingerprint density at radius 1 is 1.25 bits per heavy atom. The second kappa shape index (κ2) is 4.85. The van der Waals surface area contributed by atoms with Crippen molar-refractivity contribution in [3.63, 3.8) is 0 Å². The SMILES string of the molecule is N#Cc1cccc(S(=O)(=O)N2C3CCC2CC(N)C3)c1. The largest absolute Gasteiger partial charge is 0.328 e. The molecule has 0 spiro atoms. The van der Waals surface area contributed by atoms with Gasteiger partial charge in [0.05, 0.1) is 16.5 Å². The number of hydrogen-bond acceptors (Lipinski definition) is 4. The molecule has 1 aromatic carbocycles. The van der Waals surface area contributed by atoms with Crippen molar-refractivity contribution in [3.8, 4) is 6.07 Å². The van der Waals surface area contributed by atoms with Crippen LogP contribution in [0.1, 0.15) is 31.2 Å². The van der Waals surface area contributed by atoms with Crippen LogP contribution in [0.15, 0.2) is 29.2 Å². The van der Waals surface area contributed by atoms with Gasteiger partial charge in [-0.1, -0.05) is 6.07 Å². The van der Waals surface area contributed by atoms with Gasteiger partial charge in [-0.2, -0.15) is 9.57 Å². The molecule has 2 atom stereocenters. The van der Waals surface area contributed by atoms with Crippen LogP contribution in [0, 0.1) is 11.3 Å². The fourth-order valence-corrected chi connectivity index (χ4v) is 5.35. The van der Waals surface area contributed by atoms with Gasteiger partial charge in [-0.3, -0.25) is 0 Å². The van der Waals surface area contributed by atoms with Gasteiger partial charge in [-0.05, 0) is 43.9 Å². The van der Waals surface area contributed by atoms with Gasteiger partial charge < -0.3 is 5.73 Å². The minimum Gasteiger partial charge on any atom is -0.328 e. The number of nitrogens with zero attached hydrogens (tertiary/aromatic N) is 2. The molecule has 2 heterocycles.